The van der Waals surface area contributed by atoms with Crippen molar-refractivity contribution in [3.63, 3.8) is 0 Å². The summed E-state index contributed by atoms with van der Waals surface area (Å²) < 4.78 is 0. The van der Waals surface area contributed by atoms with Crippen LogP contribution in [0.1, 0.15) is 49.7 Å². The molecular formula is C22H38IN5O. The van der Waals surface area contributed by atoms with E-state index in [1.165, 1.54) is 11.1 Å². The molecule has 0 saturated carbocycles. The van der Waals surface area contributed by atoms with Gasteiger partial charge in [-0.25, -0.2) is 0 Å². The number of aryl methyl sites for hydroxylation is 1. The van der Waals surface area contributed by atoms with Crippen LogP contribution in [0.5, 0.6) is 0 Å². The van der Waals surface area contributed by atoms with Crippen molar-refractivity contribution in [2.45, 2.75) is 45.4 Å². The van der Waals surface area contributed by atoms with Crippen molar-refractivity contribution in [1.29, 1.82) is 0 Å². The topological polar surface area (TPSA) is 82.8 Å². The molecule has 0 radical (unpaired) electrons. The van der Waals surface area contributed by atoms with Crippen LogP contribution >= 0.6 is 24.0 Å². The number of primary amides is 1. The first-order valence-corrected chi connectivity index (χ1v) is 10.5. The Morgan fingerprint density at radius 2 is 2.00 bits per heavy atom. The van der Waals surface area contributed by atoms with E-state index in [4.69, 9.17) is 5.73 Å². The van der Waals surface area contributed by atoms with E-state index < -0.39 is 0 Å². The summed E-state index contributed by atoms with van der Waals surface area (Å²) >= 11 is 0. The SMILES string of the molecule is CN=C(NCCCCN1CCC(C(N)=O)CC1)NCC(C)c1cccc(C)c1.I. The second kappa shape index (κ2) is 13.8. The number of nitrogens with one attached hydrogen (secondary N) is 2. The molecule has 1 atom stereocenters. The Hall–Kier alpha value is -1.35. The third kappa shape index (κ3) is 9.33. The van der Waals surface area contributed by atoms with Crippen LogP contribution in [0.4, 0.5) is 0 Å². The number of rotatable bonds is 9. The Labute approximate surface area is 193 Å². The predicted octanol–water partition coefficient (Wildman–Crippen LogP) is 2.86. The van der Waals surface area contributed by atoms with Crippen LogP contribution < -0.4 is 16.4 Å². The Bertz CT molecular complexity index is 644. The molecule has 1 fully saturated rings. The lowest BCUT2D eigenvalue weighted by Gasteiger charge is -2.30. The number of nitrogens with two attached hydrogens (primary N) is 1. The van der Waals surface area contributed by atoms with Crippen molar-refractivity contribution in [2.24, 2.45) is 16.6 Å². The lowest BCUT2D eigenvalue weighted by molar-refractivity contribution is -0.123. The first-order chi connectivity index (χ1) is 13.5. The van der Waals surface area contributed by atoms with Crippen molar-refractivity contribution in [2.75, 3.05) is 39.8 Å². The summed E-state index contributed by atoms with van der Waals surface area (Å²) in [6.45, 7) is 9.19. The number of halogens is 1. The number of hydrogen-bond donors (Lipinski definition) is 3. The Kier molecular flexibility index (Phi) is 12.2. The van der Waals surface area contributed by atoms with Crippen LogP contribution in [0.15, 0.2) is 29.3 Å². The van der Waals surface area contributed by atoms with Crippen molar-refractivity contribution < 1.29 is 4.79 Å². The third-order valence-corrected chi connectivity index (χ3v) is 5.59. The van der Waals surface area contributed by atoms with E-state index in [1.54, 1.807) is 0 Å². The third-order valence-electron chi connectivity index (χ3n) is 5.59. The lowest BCUT2D eigenvalue weighted by Crippen LogP contribution is -2.40. The first-order valence-electron chi connectivity index (χ1n) is 10.5. The molecule has 164 valence electrons. The molecule has 4 N–H and O–H groups in total. The molecule has 1 saturated heterocycles. The molecule has 1 aliphatic rings. The molecule has 1 aliphatic heterocycles. The lowest BCUT2D eigenvalue weighted by atomic mass is 9.96. The summed E-state index contributed by atoms with van der Waals surface area (Å²) in [5.41, 5.74) is 8.04. The molecule has 1 aromatic rings. The molecule has 6 nitrogen and oxygen atoms in total. The minimum atomic E-state index is -0.139. The first kappa shape index (κ1) is 25.7. The fourth-order valence-electron chi connectivity index (χ4n) is 3.67. The average molecular weight is 515 g/mol. The van der Waals surface area contributed by atoms with Gasteiger partial charge in [0, 0.05) is 26.1 Å². The van der Waals surface area contributed by atoms with Gasteiger partial charge in [0.2, 0.25) is 5.91 Å². The second-order valence-corrected chi connectivity index (χ2v) is 7.92. The van der Waals surface area contributed by atoms with Gasteiger partial charge < -0.3 is 21.3 Å². The number of guanidine groups is 1. The number of aliphatic imine (C=N–C) groups is 1. The molecule has 2 rings (SSSR count). The van der Waals surface area contributed by atoms with E-state index in [2.05, 4.69) is 58.6 Å². The number of likely N-dealkylation sites (tertiary alicyclic amines) is 1. The molecule has 0 aliphatic carbocycles. The molecule has 7 heteroatoms. The number of hydrogen-bond acceptors (Lipinski definition) is 3. The van der Waals surface area contributed by atoms with Crippen LogP contribution in [0.25, 0.3) is 0 Å². The average Bonchev–Trinajstić information content (AvgIpc) is 2.70. The number of carbonyl (C=O) groups excluding carboxylic acids is 1. The molecule has 0 spiro atoms. The Balaban J connectivity index is 0.00000420. The second-order valence-electron chi connectivity index (χ2n) is 7.92. The number of carbonyl (C=O) groups is 1. The normalized spacial score (nSPS) is 16.7. The van der Waals surface area contributed by atoms with Crippen LogP contribution in [0, 0.1) is 12.8 Å². The Morgan fingerprint density at radius 1 is 1.28 bits per heavy atom. The highest BCUT2D eigenvalue weighted by atomic mass is 127. The summed E-state index contributed by atoms with van der Waals surface area (Å²) in [6, 6.07) is 8.67. The van der Waals surface area contributed by atoms with E-state index in [1.807, 2.05) is 7.05 Å². The maximum Gasteiger partial charge on any atom is 0.220 e. The van der Waals surface area contributed by atoms with Gasteiger partial charge in [-0.15, -0.1) is 24.0 Å². The van der Waals surface area contributed by atoms with Crippen LogP contribution in [0.3, 0.4) is 0 Å². The smallest absolute Gasteiger partial charge is 0.220 e. The van der Waals surface area contributed by atoms with Crippen LogP contribution in [0.2, 0.25) is 0 Å². The largest absolute Gasteiger partial charge is 0.369 e. The van der Waals surface area contributed by atoms with Crippen molar-refractivity contribution in [3.05, 3.63) is 35.4 Å². The number of piperidine rings is 1. The number of benzene rings is 1. The number of amides is 1. The molecule has 0 aromatic heterocycles. The van der Waals surface area contributed by atoms with Gasteiger partial charge in [0.1, 0.15) is 0 Å². The standard InChI is InChI=1S/C22H37N5O.HI/c1-17-7-6-8-20(15-17)18(2)16-26-22(24-3)25-11-4-5-12-27-13-9-19(10-14-27)21(23)28;/h6-8,15,18-19H,4-5,9-14,16H2,1-3H3,(H2,23,28)(H2,24,25,26);1H. The van der Waals surface area contributed by atoms with Crippen molar-refractivity contribution >= 4 is 35.8 Å². The number of unbranched alkanes of at least 4 members (excludes halogenated alkanes) is 1. The fourth-order valence-corrected chi connectivity index (χ4v) is 3.67. The maximum absolute atomic E-state index is 11.2. The highest BCUT2D eigenvalue weighted by Crippen LogP contribution is 2.17. The van der Waals surface area contributed by atoms with E-state index in [0.29, 0.717) is 5.92 Å². The van der Waals surface area contributed by atoms with E-state index in [9.17, 15) is 4.79 Å². The van der Waals surface area contributed by atoms with Gasteiger partial charge in [-0.3, -0.25) is 9.79 Å². The number of nitrogens with zero attached hydrogens (tertiary/aromatic N) is 2. The van der Waals surface area contributed by atoms with Crippen LogP contribution in [-0.2, 0) is 4.79 Å². The quantitative estimate of drug-likeness (QED) is 0.205. The highest BCUT2D eigenvalue weighted by molar-refractivity contribution is 14.0. The summed E-state index contributed by atoms with van der Waals surface area (Å²) in [5, 5.41) is 6.83. The van der Waals surface area contributed by atoms with Crippen molar-refractivity contribution in [3.8, 4) is 0 Å². The zero-order chi connectivity index (χ0) is 20.4. The molecule has 1 aromatic carbocycles. The minimum Gasteiger partial charge on any atom is -0.369 e. The van der Waals surface area contributed by atoms with E-state index >= 15 is 0 Å². The summed E-state index contributed by atoms with van der Waals surface area (Å²) in [4.78, 5) is 18.0. The molecule has 29 heavy (non-hydrogen) atoms. The van der Waals surface area contributed by atoms with Gasteiger partial charge >= 0.3 is 0 Å². The van der Waals surface area contributed by atoms with Gasteiger partial charge in [0.25, 0.3) is 0 Å². The fraction of sp³-hybridized carbons (Fsp3) is 0.636. The summed E-state index contributed by atoms with van der Waals surface area (Å²) in [5.74, 6) is 1.23. The van der Waals surface area contributed by atoms with Crippen LogP contribution in [-0.4, -0.2) is 56.5 Å². The summed E-state index contributed by atoms with van der Waals surface area (Å²) in [6.07, 6.45) is 4.06. The highest BCUT2D eigenvalue weighted by Gasteiger charge is 2.22. The summed E-state index contributed by atoms with van der Waals surface area (Å²) in [7, 11) is 1.82. The van der Waals surface area contributed by atoms with Gasteiger partial charge in [-0.2, -0.15) is 0 Å². The zero-order valence-corrected chi connectivity index (χ0v) is 20.4. The van der Waals surface area contributed by atoms with Gasteiger partial charge in [0.15, 0.2) is 5.96 Å². The molecule has 1 amide bonds. The monoisotopic (exact) mass is 515 g/mol. The predicted molar refractivity (Wildman–Crippen MR) is 132 cm³/mol. The van der Waals surface area contributed by atoms with Crippen molar-refractivity contribution in [1.82, 2.24) is 15.5 Å². The van der Waals surface area contributed by atoms with Gasteiger partial charge in [-0.05, 0) is 63.7 Å². The van der Waals surface area contributed by atoms with E-state index in [-0.39, 0.29) is 35.8 Å². The maximum atomic E-state index is 11.2. The van der Waals surface area contributed by atoms with Gasteiger partial charge in [0.05, 0.1) is 0 Å². The van der Waals surface area contributed by atoms with Gasteiger partial charge in [-0.1, -0.05) is 36.8 Å². The molecular weight excluding hydrogens is 477 g/mol. The Morgan fingerprint density at radius 3 is 2.62 bits per heavy atom. The molecule has 1 unspecified atom stereocenters. The zero-order valence-electron chi connectivity index (χ0n) is 18.1. The molecule has 0 bridgehead atoms. The minimum absolute atomic E-state index is 0. The van der Waals surface area contributed by atoms with E-state index in [0.717, 1.165) is 64.4 Å². The molecule has 1 heterocycles.